The van der Waals surface area contributed by atoms with E-state index >= 15 is 0 Å². The molecule has 19 heteroatoms. The van der Waals surface area contributed by atoms with Crippen LogP contribution in [0.15, 0.2) is 25.3 Å². The molecule has 0 aliphatic heterocycles. The van der Waals surface area contributed by atoms with E-state index in [2.05, 4.69) is 32.1 Å². The fourth-order valence-corrected chi connectivity index (χ4v) is 2.23. The Morgan fingerprint density at radius 3 is 0.689 bits per heavy atom. The largest absolute Gasteiger partial charge is 0.508 e. The van der Waals surface area contributed by atoms with Crippen molar-refractivity contribution in [3.8, 4) is 0 Å². The van der Waals surface area contributed by atoms with Crippen LogP contribution in [0.3, 0.4) is 0 Å². The van der Waals surface area contributed by atoms with Crippen LogP contribution in [-0.2, 0) is 71.2 Å². The SMILES string of the molecule is C=CC(=O)OCCOC(=O)OCCOCCOC(=O)OCCOCCOC(=O)OCCOCCOC(=O)OCCOC(=O)C=C. The van der Waals surface area contributed by atoms with Crippen LogP contribution in [0, 0.1) is 0 Å². The van der Waals surface area contributed by atoms with Crippen LogP contribution in [0.5, 0.6) is 0 Å². The Morgan fingerprint density at radius 2 is 0.489 bits per heavy atom. The molecule has 0 amide bonds. The van der Waals surface area contributed by atoms with E-state index in [1.807, 2.05) is 0 Å². The topological polar surface area (TPSA) is 222 Å². The normalized spacial score (nSPS) is 9.96. The van der Waals surface area contributed by atoms with E-state index in [9.17, 15) is 28.8 Å². The van der Waals surface area contributed by atoms with Gasteiger partial charge in [0.05, 0.1) is 39.6 Å². The predicted octanol–water partition coefficient (Wildman–Crippen LogP) is 1.11. The summed E-state index contributed by atoms with van der Waals surface area (Å²) in [5.74, 6) is -1.28. The first kappa shape index (κ1) is 40.4. The maximum absolute atomic E-state index is 11.5. The van der Waals surface area contributed by atoms with Crippen LogP contribution in [0.2, 0.25) is 0 Å². The van der Waals surface area contributed by atoms with Crippen molar-refractivity contribution in [1.29, 1.82) is 0 Å². The van der Waals surface area contributed by atoms with Crippen LogP contribution >= 0.6 is 0 Å². The first-order chi connectivity index (χ1) is 21.8. The quantitative estimate of drug-likeness (QED) is 0.0551. The fourth-order valence-electron chi connectivity index (χ4n) is 2.23. The molecule has 0 spiro atoms. The number of carbonyl (C=O) groups excluding carboxylic acids is 6. The van der Waals surface area contributed by atoms with Gasteiger partial charge in [0.2, 0.25) is 0 Å². The van der Waals surface area contributed by atoms with Crippen molar-refractivity contribution in [2.24, 2.45) is 0 Å². The molecule has 0 atom stereocenters. The molecule has 0 saturated heterocycles. The van der Waals surface area contributed by atoms with Crippen LogP contribution in [0.1, 0.15) is 0 Å². The zero-order valence-corrected chi connectivity index (χ0v) is 24.6. The smallest absolute Gasteiger partial charge is 0.459 e. The number of carbonyl (C=O) groups is 6. The third kappa shape index (κ3) is 29.2. The van der Waals surface area contributed by atoms with Gasteiger partial charge in [-0.05, 0) is 0 Å². The molecule has 0 aromatic rings. The number of rotatable bonds is 26. The summed E-state index contributed by atoms with van der Waals surface area (Å²) in [4.78, 5) is 67.0. The van der Waals surface area contributed by atoms with E-state index in [-0.39, 0.29) is 106 Å². The molecule has 0 saturated carbocycles. The number of hydrogen-bond donors (Lipinski definition) is 0. The highest BCUT2D eigenvalue weighted by atomic mass is 16.8. The molecule has 0 aliphatic rings. The Hall–Kier alpha value is -4.62. The molecule has 0 aromatic carbocycles. The molecule has 0 aliphatic carbocycles. The van der Waals surface area contributed by atoms with E-state index in [1.54, 1.807) is 0 Å². The van der Waals surface area contributed by atoms with Crippen LogP contribution in [0.25, 0.3) is 0 Å². The predicted molar refractivity (Wildman–Crippen MR) is 144 cm³/mol. The van der Waals surface area contributed by atoms with Gasteiger partial charge in [0.25, 0.3) is 0 Å². The number of esters is 2. The third-order valence-electron chi connectivity index (χ3n) is 4.11. The lowest BCUT2D eigenvalue weighted by Crippen LogP contribution is -2.19. The summed E-state index contributed by atoms with van der Waals surface area (Å²) in [6, 6.07) is 0. The Balaban J connectivity index is 3.43. The van der Waals surface area contributed by atoms with Gasteiger partial charge in [-0.3, -0.25) is 0 Å². The molecule has 0 aromatic heterocycles. The van der Waals surface area contributed by atoms with Crippen molar-refractivity contribution in [3.63, 3.8) is 0 Å². The summed E-state index contributed by atoms with van der Waals surface area (Å²) in [6.45, 7) is 5.25. The molecule has 0 rings (SSSR count). The Kier molecular flexibility index (Phi) is 26.4. The minimum Gasteiger partial charge on any atom is -0.459 e. The van der Waals surface area contributed by atoms with Gasteiger partial charge in [0.15, 0.2) is 0 Å². The molecule has 256 valence electrons. The lowest BCUT2D eigenvalue weighted by atomic mass is 10.6. The van der Waals surface area contributed by atoms with Crippen molar-refractivity contribution in [3.05, 3.63) is 25.3 Å². The summed E-state index contributed by atoms with van der Waals surface area (Å²) in [6.07, 6.45) is -1.87. The minimum atomic E-state index is -0.962. The van der Waals surface area contributed by atoms with E-state index in [0.717, 1.165) is 12.2 Å². The standard InChI is InChI=1S/C26H38O19/c1-3-21(27)36-17-19-44-25(31)42-15-9-34-7-13-40-23(29)38-11-5-33-6-12-39-24(30)41-14-8-35-10-16-43-26(32)45-20-18-37-22(28)4-2/h3-4H,1-2,5-20H2. The van der Waals surface area contributed by atoms with Gasteiger partial charge >= 0.3 is 36.6 Å². The average Bonchev–Trinajstić information content (AvgIpc) is 3.03. The second kappa shape index (κ2) is 29.5. The lowest BCUT2D eigenvalue weighted by molar-refractivity contribution is -0.139. The van der Waals surface area contributed by atoms with Crippen molar-refractivity contribution < 1.29 is 90.3 Å². The molecular weight excluding hydrogens is 616 g/mol. The summed E-state index contributed by atoms with van der Waals surface area (Å²) in [7, 11) is 0. The summed E-state index contributed by atoms with van der Waals surface area (Å²) in [5.41, 5.74) is 0. The van der Waals surface area contributed by atoms with Crippen molar-refractivity contribution >= 4 is 36.6 Å². The zero-order chi connectivity index (χ0) is 33.4. The maximum atomic E-state index is 11.5. The van der Waals surface area contributed by atoms with Gasteiger partial charge in [0, 0.05) is 12.2 Å². The highest BCUT2D eigenvalue weighted by molar-refractivity contribution is 5.81. The van der Waals surface area contributed by atoms with Gasteiger partial charge in [-0.2, -0.15) is 0 Å². The van der Waals surface area contributed by atoms with Gasteiger partial charge in [-0.1, -0.05) is 13.2 Å². The van der Waals surface area contributed by atoms with Gasteiger partial charge in [0.1, 0.15) is 66.1 Å². The van der Waals surface area contributed by atoms with E-state index in [1.165, 1.54) is 0 Å². The fraction of sp³-hybridized carbons (Fsp3) is 0.615. The molecule has 0 radical (unpaired) electrons. The average molecular weight is 655 g/mol. The summed E-state index contributed by atoms with van der Waals surface area (Å²) >= 11 is 0. The van der Waals surface area contributed by atoms with E-state index < -0.39 is 36.6 Å². The van der Waals surface area contributed by atoms with Gasteiger partial charge in [-0.15, -0.1) is 0 Å². The zero-order valence-electron chi connectivity index (χ0n) is 24.6. The first-order valence-electron chi connectivity index (χ1n) is 13.3. The number of ether oxygens (including phenoxy) is 13. The molecule has 45 heavy (non-hydrogen) atoms. The highest BCUT2D eigenvalue weighted by Gasteiger charge is 2.08. The van der Waals surface area contributed by atoms with E-state index in [0.29, 0.717) is 0 Å². The van der Waals surface area contributed by atoms with Gasteiger partial charge in [-0.25, -0.2) is 28.8 Å². The lowest BCUT2D eigenvalue weighted by Gasteiger charge is -2.09. The Labute approximate surface area is 258 Å². The summed E-state index contributed by atoms with van der Waals surface area (Å²) in [5, 5.41) is 0. The van der Waals surface area contributed by atoms with Gasteiger partial charge < -0.3 is 61.6 Å². The second-order valence-electron chi connectivity index (χ2n) is 7.37. The molecule has 0 N–H and O–H groups in total. The highest BCUT2D eigenvalue weighted by Crippen LogP contribution is 1.92. The first-order valence-corrected chi connectivity index (χ1v) is 13.3. The second-order valence-corrected chi connectivity index (χ2v) is 7.37. The molecular formula is C26H38O19. The van der Waals surface area contributed by atoms with Crippen LogP contribution in [-0.4, -0.2) is 142 Å². The third-order valence-corrected chi connectivity index (χ3v) is 4.11. The monoisotopic (exact) mass is 654 g/mol. The maximum Gasteiger partial charge on any atom is 0.508 e. The number of hydrogen-bond acceptors (Lipinski definition) is 19. The van der Waals surface area contributed by atoms with Crippen LogP contribution in [0.4, 0.5) is 19.2 Å². The molecule has 0 unspecified atom stereocenters. The molecule has 0 fully saturated rings. The van der Waals surface area contributed by atoms with Crippen molar-refractivity contribution in [2.75, 3.05) is 106 Å². The summed E-state index contributed by atoms with van der Waals surface area (Å²) < 4.78 is 62.4. The van der Waals surface area contributed by atoms with Crippen LogP contribution < -0.4 is 0 Å². The minimum absolute atomic E-state index is 0.0142. The van der Waals surface area contributed by atoms with Crippen molar-refractivity contribution in [2.45, 2.75) is 0 Å². The molecule has 19 nitrogen and oxygen atoms in total. The van der Waals surface area contributed by atoms with Crippen molar-refractivity contribution in [1.82, 2.24) is 0 Å². The molecule has 0 heterocycles. The Bertz CT molecular complexity index is 819. The Morgan fingerprint density at radius 1 is 0.311 bits per heavy atom. The van der Waals surface area contributed by atoms with E-state index in [4.69, 9.17) is 42.6 Å². The molecule has 0 bridgehead atoms.